The van der Waals surface area contributed by atoms with Gasteiger partial charge in [-0.1, -0.05) is 26.2 Å². The molecule has 0 spiro atoms. The first kappa shape index (κ1) is 13.0. The molecule has 2 atom stereocenters. The SMILES string of the molecule is CCC1CCCC(Nc2snc(N)c2SC)C1. The van der Waals surface area contributed by atoms with Gasteiger partial charge >= 0.3 is 0 Å². The highest BCUT2D eigenvalue weighted by molar-refractivity contribution is 7.99. The van der Waals surface area contributed by atoms with Gasteiger partial charge in [-0.05, 0) is 36.5 Å². The van der Waals surface area contributed by atoms with Crippen molar-refractivity contribution < 1.29 is 0 Å². The summed E-state index contributed by atoms with van der Waals surface area (Å²) >= 11 is 3.18. The Hall–Kier alpha value is -0.420. The van der Waals surface area contributed by atoms with Crippen LogP contribution < -0.4 is 11.1 Å². The Morgan fingerprint density at radius 1 is 1.53 bits per heavy atom. The Bertz CT molecular complexity index is 365. The van der Waals surface area contributed by atoms with E-state index < -0.39 is 0 Å². The first-order chi connectivity index (χ1) is 8.24. The summed E-state index contributed by atoms with van der Waals surface area (Å²) in [5.74, 6) is 1.57. The Kier molecular flexibility index (Phi) is 4.56. The van der Waals surface area contributed by atoms with E-state index >= 15 is 0 Å². The molecular formula is C12H21N3S2. The molecule has 0 bridgehead atoms. The van der Waals surface area contributed by atoms with E-state index in [0.717, 1.165) is 15.8 Å². The lowest BCUT2D eigenvalue weighted by atomic mass is 9.84. The Morgan fingerprint density at radius 3 is 3.06 bits per heavy atom. The van der Waals surface area contributed by atoms with Crippen LogP contribution in [0.5, 0.6) is 0 Å². The van der Waals surface area contributed by atoms with Crippen molar-refractivity contribution in [2.75, 3.05) is 17.3 Å². The number of aromatic nitrogens is 1. The summed E-state index contributed by atoms with van der Waals surface area (Å²) in [5.41, 5.74) is 5.85. The smallest absolute Gasteiger partial charge is 0.153 e. The maximum atomic E-state index is 5.85. The second kappa shape index (κ2) is 5.96. The number of nitrogens with zero attached hydrogens (tertiary/aromatic N) is 1. The normalized spacial score (nSPS) is 24.8. The van der Waals surface area contributed by atoms with Gasteiger partial charge in [0.05, 0.1) is 4.90 Å². The number of nitrogens with one attached hydrogen (secondary N) is 1. The zero-order chi connectivity index (χ0) is 12.3. The largest absolute Gasteiger partial charge is 0.382 e. The topological polar surface area (TPSA) is 50.9 Å². The van der Waals surface area contributed by atoms with Gasteiger partial charge in [0.15, 0.2) is 5.82 Å². The summed E-state index contributed by atoms with van der Waals surface area (Å²) < 4.78 is 4.23. The van der Waals surface area contributed by atoms with E-state index in [1.807, 2.05) is 0 Å². The molecule has 0 aliphatic heterocycles. The summed E-state index contributed by atoms with van der Waals surface area (Å²) in [6.07, 6.45) is 8.68. The lowest BCUT2D eigenvalue weighted by Crippen LogP contribution is -2.26. The van der Waals surface area contributed by atoms with Crippen molar-refractivity contribution in [1.82, 2.24) is 4.37 Å². The van der Waals surface area contributed by atoms with Crippen LogP contribution in [0.15, 0.2) is 4.90 Å². The van der Waals surface area contributed by atoms with Crippen LogP contribution in [0.25, 0.3) is 0 Å². The second-order valence-electron chi connectivity index (χ2n) is 4.71. The van der Waals surface area contributed by atoms with Gasteiger partial charge in [-0.25, -0.2) is 0 Å². The molecule has 0 saturated heterocycles. The summed E-state index contributed by atoms with van der Waals surface area (Å²) in [6, 6.07) is 0.611. The van der Waals surface area contributed by atoms with Gasteiger partial charge < -0.3 is 11.1 Å². The molecular weight excluding hydrogens is 250 g/mol. The molecule has 1 aromatic rings. The number of hydrogen-bond donors (Lipinski definition) is 2. The van der Waals surface area contributed by atoms with E-state index in [1.54, 1.807) is 11.8 Å². The number of thioether (sulfide) groups is 1. The molecule has 0 aromatic carbocycles. The molecule has 2 unspecified atom stereocenters. The van der Waals surface area contributed by atoms with Crippen LogP contribution in [0.2, 0.25) is 0 Å². The minimum absolute atomic E-state index is 0.611. The van der Waals surface area contributed by atoms with Gasteiger partial charge in [0, 0.05) is 6.04 Å². The molecule has 96 valence electrons. The first-order valence-electron chi connectivity index (χ1n) is 6.30. The highest BCUT2D eigenvalue weighted by atomic mass is 32.2. The van der Waals surface area contributed by atoms with E-state index in [0.29, 0.717) is 11.9 Å². The van der Waals surface area contributed by atoms with E-state index in [-0.39, 0.29) is 0 Å². The molecule has 3 N–H and O–H groups in total. The van der Waals surface area contributed by atoms with Crippen molar-refractivity contribution in [2.24, 2.45) is 5.92 Å². The number of hydrogen-bond acceptors (Lipinski definition) is 5. The van der Waals surface area contributed by atoms with Gasteiger partial charge in [0.1, 0.15) is 5.00 Å². The van der Waals surface area contributed by atoms with Crippen molar-refractivity contribution in [3.05, 3.63) is 0 Å². The minimum atomic E-state index is 0.611. The van der Waals surface area contributed by atoms with Gasteiger partial charge in [-0.3, -0.25) is 0 Å². The van der Waals surface area contributed by atoms with Crippen molar-refractivity contribution in [3.8, 4) is 0 Å². The average molecular weight is 271 g/mol. The van der Waals surface area contributed by atoms with Gasteiger partial charge in [-0.15, -0.1) is 11.8 Å². The first-order valence-corrected chi connectivity index (χ1v) is 8.30. The Balaban J connectivity index is 2.00. The van der Waals surface area contributed by atoms with Crippen molar-refractivity contribution in [2.45, 2.75) is 50.0 Å². The molecule has 1 aliphatic rings. The predicted octanol–water partition coefficient (Wildman–Crippen LogP) is 3.83. The third-order valence-corrected chi connectivity index (χ3v) is 5.32. The molecule has 1 saturated carbocycles. The predicted molar refractivity (Wildman–Crippen MR) is 78.0 cm³/mol. The van der Waals surface area contributed by atoms with Crippen LogP contribution >= 0.6 is 23.3 Å². The van der Waals surface area contributed by atoms with Crippen molar-refractivity contribution in [1.29, 1.82) is 0 Å². The second-order valence-corrected chi connectivity index (χ2v) is 6.30. The lowest BCUT2D eigenvalue weighted by molar-refractivity contribution is 0.327. The van der Waals surface area contributed by atoms with E-state index in [9.17, 15) is 0 Å². The Labute approximate surface area is 112 Å². The fourth-order valence-electron chi connectivity index (χ4n) is 2.56. The van der Waals surface area contributed by atoms with Crippen LogP contribution in [0.3, 0.4) is 0 Å². The zero-order valence-corrected chi connectivity index (χ0v) is 12.2. The van der Waals surface area contributed by atoms with Crippen LogP contribution in [0.4, 0.5) is 10.8 Å². The fraction of sp³-hybridized carbons (Fsp3) is 0.750. The quantitative estimate of drug-likeness (QED) is 0.817. The highest BCUT2D eigenvalue weighted by Gasteiger charge is 2.22. The van der Waals surface area contributed by atoms with E-state index in [2.05, 4.69) is 22.9 Å². The summed E-state index contributed by atoms with van der Waals surface area (Å²) in [6.45, 7) is 2.30. The van der Waals surface area contributed by atoms with Gasteiger partial charge in [0.2, 0.25) is 0 Å². The summed E-state index contributed by atoms with van der Waals surface area (Å²) in [5, 5.41) is 4.80. The van der Waals surface area contributed by atoms with Gasteiger partial charge in [0.25, 0.3) is 0 Å². The molecule has 0 amide bonds. The standard InChI is InChI=1S/C12H21N3S2/c1-3-8-5-4-6-9(7-8)14-12-10(16-2)11(13)15-17-12/h8-9,14H,3-7H2,1-2H3,(H2,13,15). The molecule has 3 nitrogen and oxygen atoms in total. The van der Waals surface area contributed by atoms with Crippen LogP contribution in [-0.2, 0) is 0 Å². The number of rotatable bonds is 4. The summed E-state index contributed by atoms with van der Waals surface area (Å²) in [7, 11) is 0. The molecule has 1 aromatic heterocycles. The summed E-state index contributed by atoms with van der Waals surface area (Å²) in [4.78, 5) is 1.12. The molecule has 5 heteroatoms. The minimum Gasteiger partial charge on any atom is -0.382 e. The van der Waals surface area contributed by atoms with E-state index in [1.165, 1.54) is 43.6 Å². The molecule has 0 radical (unpaired) electrons. The monoisotopic (exact) mass is 271 g/mol. The molecule has 2 rings (SSSR count). The third-order valence-electron chi connectivity index (χ3n) is 3.57. The van der Waals surface area contributed by atoms with Gasteiger partial charge in [-0.2, -0.15) is 4.37 Å². The molecule has 1 heterocycles. The number of anilines is 2. The lowest BCUT2D eigenvalue weighted by Gasteiger charge is -2.29. The number of nitrogen functional groups attached to an aromatic ring is 1. The third kappa shape index (κ3) is 3.07. The average Bonchev–Trinajstić information content (AvgIpc) is 2.70. The Morgan fingerprint density at radius 2 is 2.35 bits per heavy atom. The molecule has 1 fully saturated rings. The van der Waals surface area contributed by atoms with Crippen molar-refractivity contribution >= 4 is 34.1 Å². The molecule has 17 heavy (non-hydrogen) atoms. The molecule has 1 aliphatic carbocycles. The maximum Gasteiger partial charge on any atom is 0.153 e. The van der Waals surface area contributed by atoms with Crippen LogP contribution in [-0.4, -0.2) is 16.7 Å². The van der Waals surface area contributed by atoms with Crippen molar-refractivity contribution in [3.63, 3.8) is 0 Å². The van der Waals surface area contributed by atoms with E-state index in [4.69, 9.17) is 5.73 Å². The highest BCUT2D eigenvalue weighted by Crippen LogP contribution is 2.37. The number of nitrogens with two attached hydrogens (primary N) is 1. The zero-order valence-electron chi connectivity index (χ0n) is 10.5. The maximum absolute atomic E-state index is 5.85. The van der Waals surface area contributed by atoms with Crippen LogP contribution in [0, 0.1) is 5.92 Å². The van der Waals surface area contributed by atoms with Crippen LogP contribution in [0.1, 0.15) is 39.0 Å². The fourth-order valence-corrected chi connectivity index (χ4v) is 4.17.